The van der Waals surface area contributed by atoms with Crippen molar-refractivity contribution in [3.05, 3.63) is 52.7 Å². The van der Waals surface area contributed by atoms with Crippen molar-refractivity contribution >= 4 is 11.7 Å². The molecule has 0 saturated carbocycles. The van der Waals surface area contributed by atoms with E-state index >= 15 is 0 Å². The number of benzene rings is 1. The fourth-order valence-corrected chi connectivity index (χ4v) is 3.76. The predicted molar refractivity (Wildman–Crippen MR) is 87.7 cm³/mol. The molecule has 0 fully saturated rings. The van der Waals surface area contributed by atoms with E-state index in [0.717, 1.165) is 36.9 Å². The van der Waals surface area contributed by atoms with E-state index in [1.165, 1.54) is 11.1 Å². The minimum atomic E-state index is -0.00589. The molecular weight excluding hydrogens is 288 g/mol. The number of anilines is 1. The molecule has 0 unspecified atom stereocenters. The molecule has 118 valence electrons. The SMILES string of the molecule is Nc1cc2c(nn1)CCN(C(=O)[C@@H]1CCCc3ccccc31)C2. The van der Waals surface area contributed by atoms with Gasteiger partial charge >= 0.3 is 0 Å². The van der Waals surface area contributed by atoms with Crippen LogP contribution in [0.5, 0.6) is 0 Å². The second-order valence-electron chi connectivity index (χ2n) is 6.39. The van der Waals surface area contributed by atoms with Crippen molar-refractivity contribution in [1.29, 1.82) is 0 Å². The summed E-state index contributed by atoms with van der Waals surface area (Å²) in [4.78, 5) is 15.0. The summed E-state index contributed by atoms with van der Waals surface area (Å²) >= 11 is 0. The summed E-state index contributed by atoms with van der Waals surface area (Å²) in [6.07, 6.45) is 3.85. The van der Waals surface area contributed by atoms with E-state index < -0.39 is 0 Å². The van der Waals surface area contributed by atoms with Crippen molar-refractivity contribution in [3.63, 3.8) is 0 Å². The highest BCUT2D eigenvalue weighted by Gasteiger charge is 2.31. The third kappa shape index (κ3) is 2.56. The summed E-state index contributed by atoms with van der Waals surface area (Å²) in [5.41, 5.74) is 10.3. The Balaban J connectivity index is 1.59. The van der Waals surface area contributed by atoms with Gasteiger partial charge in [-0.05, 0) is 42.0 Å². The first-order valence-corrected chi connectivity index (χ1v) is 8.20. The molecule has 23 heavy (non-hydrogen) atoms. The molecule has 1 aromatic heterocycles. The van der Waals surface area contributed by atoms with Crippen molar-refractivity contribution in [1.82, 2.24) is 15.1 Å². The lowest BCUT2D eigenvalue weighted by molar-refractivity contribution is -0.134. The molecule has 2 N–H and O–H groups in total. The lowest BCUT2D eigenvalue weighted by Crippen LogP contribution is -2.40. The van der Waals surface area contributed by atoms with Crippen molar-refractivity contribution in [2.75, 3.05) is 12.3 Å². The van der Waals surface area contributed by atoms with Crippen LogP contribution in [0.15, 0.2) is 30.3 Å². The van der Waals surface area contributed by atoms with E-state index in [2.05, 4.69) is 28.4 Å². The number of hydrogen-bond donors (Lipinski definition) is 1. The first kappa shape index (κ1) is 14.2. The van der Waals surface area contributed by atoms with Crippen LogP contribution >= 0.6 is 0 Å². The molecule has 1 aliphatic heterocycles. The van der Waals surface area contributed by atoms with Crippen molar-refractivity contribution < 1.29 is 4.79 Å². The van der Waals surface area contributed by atoms with Crippen LogP contribution in [0.25, 0.3) is 0 Å². The number of carbonyl (C=O) groups is 1. The van der Waals surface area contributed by atoms with Crippen molar-refractivity contribution in [2.24, 2.45) is 0 Å². The maximum Gasteiger partial charge on any atom is 0.230 e. The van der Waals surface area contributed by atoms with E-state index in [4.69, 9.17) is 5.73 Å². The number of nitrogens with two attached hydrogens (primary N) is 1. The van der Waals surface area contributed by atoms with Crippen LogP contribution in [0.2, 0.25) is 0 Å². The highest BCUT2D eigenvalue weighted by Crippen LogP contribution is 2.34. The van der Waals surface area contributed by atoms with Gasteiger partial charge in [0.05, 0.1) is 11.6 Å². The smallest absolute Gasteiger partial charge is 0.230 e. The molecule has 0 bridgehead atoms. The normalized spacial score (nSPS) is 19.8. The first-order chi connectivity index (χ1) is 11.2. The molecule has 2 aromatic rings. The number of nitrogen functional groups attached to an aromatic ring is 1. The van der Waals surface area contributed by atoms with Crippen molar-refractivity contribution in [2.45, 2.75) is 38.1 Å². The zero-order valence-electron chi connectivity index (χ0n) is 13.0. The van der Waals surface area contributed by atoms with Crippen LogP contribution in [-0.2, 0) is 24.2 Å². The Morgan fingerprint density at radius 2 is 2.04 bits per heavy atom. The number of hydrogen-bond acceptors (Lipinski definition) is 4. The Kier molecular flexibility index (Phi) is 3.48. The Morgan fingerprint density at radius 3 is 2.96 bits per heavy atom. The van der Waals surface area contributed by atoms with E-state index in [9.17, 15) is 4.79 Å². The summed E-state index contributed by atoms with van der Waals surface area (Å²) in [7, 11) is 0. The highest BCUT2D eigenvalue weighted by atomic mass is 16.2. The maximum absolute atomic E-state index is 13.1. The van der Waals surface area contributed by atoms with Gasteiger partial charge in [0, 0.05) is 19.5 Å². The molecule has 4 rings (SSSR count). The largest absolute Gasteiger partial charge is 0.382 e. The van der Waals surface area contributed by atoms with Crippen LogP contribution in [0.1, 0.15) is 41.1 Å². The lowest BCUT2D eigenvalue weighted by Gasteiger charge is -2.33. The third-order valence-corrected chi connectivity index (χ3v) is 4.94. The second kappa shape index (κ2) is 5.65. The van der Waals surface area contributed by atoms with Gasteiger partial charge in [0.25, 0.3) is 0 Å². The number of aromatic nitrogens is 2. The average molecular weight is 308 g/mol. The van der Waals surface area contributed by atoms with Crippen molar-refractivity contribution in [3.8, 4) is 0 Å². The van der Waals surface area contributed by atoms with Gasteiger partial charge in [0.15, 0.2) is 0 Å². The zero-order valence-corrected chi connectivity index (χ0v) is 13.0. The Labute approximate surface area is 135 Å². The zero-order chi connectivity index (χ0) is 15.8. The van der Waals surface area contributed by atoms with Gasteiger partial charge in [-0.1, -0.05) is 24.3 Å². The first-order valence-electron chi connectivity index (χ1n) is 8.20. The molecular formula is C18H20N4O. The summed E-state index contributed by atoms with van der Waals surface area (Å²) in [5, 5.41) is 8.05. The maximum atomic E-state index is 13.1. The standard InChI is InChI=1S/C18H20N4O/c19-17-10-13-11-22(9-8-16(13)20-21-17)18(23)15-7-3-5-12-4-1-2-6-14(12)15/h1-2,4,6,10,15H,3,5,7-9,11H2,(H2,19,21)/t15-/m1/s1. The van der Waals surface area contributed by atoms with Gasteiger partial charge < -0.3 is 10.6 Å². The van der Waals surface area contributed by atoms with Crippen LogP contribution in [0, 0.1) is 0 Å². The van der Waals surface area contributed by atoms with E-state index in [1.54, 1.807) is 0 Å². The number of aryl methyl sites for hydroxylation is 1. The van der Waals surface area contributed by atoms with E-state index in [1.807, 2.05) is 17.0 Å². The Morgan fingerprint density at radius 1 is 1.17 bits per heavy atom. The number of carbonyl (C=O) groups excluding carboxylic acids is 1. The topological polar surface area (TPSA) is 72.1 Å². The Hall–Kier alpha value is -2.43. The van der Waals surface area contributed by atoms with Gasteiger partial charge in [0.2, 0.25) is 5.91 Å². The van der Waals surface area contributed by atoms with Gasteiger partial charge in [0.1, 0.15) is 5.82 Å². The summed E-state index contributed by atoms with van der Waals surface area (Å²) in [6.45, 7) is 1.30. The summed E-state index contributed by atoms with van der Waals surface area (Å²) < 4.78 is 0. The van der Waals surface area contributed by atoms with Crippen LogP contribution in [-0.4, -0.2) is 27.5 Å². The van der Waals surface area contributed by atoms with E-state index in [0.29, 0.717) is 18.9 Å². The third-order valence-electron chi connectivity index (χ3n) is 4.94. The predicted octanol–water partition coefficient (Wildman–Crippen LogP) is 2.06. The highest BCUT2D eigenvalue weighted by molar-refractivity contribution is 5.84. The van der Waals surface area contributed by atoms with Gasteiger partial charge in [-0.2, -0.15) is 5.10 Å². The minimum absolute atomic E-state index is 0.00589. The number of rotatable bonds is 1. The Bertz CT molecular complexity index is 758. The fraction of sp³-hybridized carbons (Fsp3) is 0.389. The molecule has 1 amide bonds. The lowest BCUT2D eigenvalue weighted by atomic mass is 9.82. The molecule has 0 radical (unpaired) electrons. The number of nitrogens with zero attached hydrogens (tertiary/aromatic N) is 3. The molecule has 0 spiro atoms. The van der Waals surface area contributed by atoms with Gasteiger partial charge in [-0.3, -0.25) is 4.79 Å². The second-order valence-corrected chi connectivity index (χ2v) is 6.39. The molecule has 1 atom stereocenters. The summed E-state index contributed by atoms with van der Waals surface area (Å²) in [6, 6.07) is 10.2. The molecule has 5 heteroatoms. The minimum Gasteiger partial charge on any atom is -0.382 e. The van der Waals surface area contributed by atoms with E-state index in [-0.39, 0.29) is 11.8 Å². The molecule has 2 heterocycles. The monoisotopic (exact) mass is 308 g/mol. The molecule has 5 nitrogen and oxygen atoms in total. The summed E-state index contributed by atoms with van der Waals surface area (Å²) in [5.74, 6) is 0.646. The average Bonchev–Trinajstić information content (AvgIpc) is 2.60. The molecule has 2 aliphatic rings. The number of fused-ring (bicyclic) bond motifs is 2. The molecule has 1 aliphatic carbocycles. The van der Waals surface area contributed by atoms with Crippen LogP contribution < -0.4 is 5.73 Å². The fourth-order valence-electron chi connectivity index (χ4n) is 3.76. The van der Waals surface area contributed by atoms with Crippen LogP contribution in [0.3, 0.4) is 0 Å². The van der Waals surface area contributed by atoms with Gasteiger partial charge in [-0.25, -0.2) is 0 Å². The van der Waals surface area contributed by atoms with Gasteiger partial charge in [-0.15, -0.1) is 5.10 Å². The quantitative estimate of drug-likeness (QED) is 0.875. The number of amides is 1. The molecule has 1 aromatic carbocycles. The molecule has 0 saturated heterocycles. The van der Waals surface area contributed by atoms with Crippen LogP contribution in [0.4, 0.5) is 5.82 Å².